The van der Waals surface area contributed by atoms with Crippen LogP contribution < -0.4 is 10.2 Å². The summed E-state index contributed by atoms with van der Waals surface area (Å²) >= 11 is 0. The van der Waals surface area contributed by atoms with Crippen LogP contribution in [0.4, 0.5) is 11.5 Å². The Bertz CT molecular complexity index is 963. The number of rotatable bonds is 6. The average molecular weight is 360 g/mol. The Morgan fingerprint density at radius 3 is 2.70 bits per heavy atom. The standard InChI is InChI=1S/C22H24N4O/c1-4-26(5-2)21-13-16(3)19-14-18(9-10-20(19)25-21)24-22(27)11-8-17-7-6-12-23-15-17/h6-15H,4-5H2,1-3H3,(H,24,27)/b11-8+. The molecule has 5 heteroatoms. The van der Waals surface area contributed by atoms with Crippen molar-refractivity contribution in [3.05, 3.63) is 66.0 Å². The molecule has 1 aromatic carbocycles. The van der Waals surface area contributed by atoms with E-state index in [2.05, 4.69) is 42.0 Å². The Kier molecular flexibility index (Phi) is 5.81. The fraction of sp³-hybridized carbons (Fsp3) is 0.227. The van der Waals surface area contributed by atoms with Gasteiger partial charge in [0.2, 0.25) is 5.91 Å². The minimum Gasteiger partial charge on any atom is -0.357 e. The molecule has 0 radical (unpaired) electrons. The maximum atomic E-state index is 12.2. The first-order valence-electron chi connectivity index (χ1n) is 9.16. The molecule has 3 rings (SSSR count). The Balaban J connectivity index is 1.80. The van der Waals surface area contributed by atoms with Crippen molar-refractivity contribution in [1.29, 1.82) is 0 Å². The van der Waals surface area contributed by atoms with E-state index in [-0.39, 0.29) is 5.91 Å². The highest BCUT2D eigenvalue weighted by molar-refractivity contribution is 6.03. The van der Waals surface area contributed by atoms with Crippen LogP contribution in [-0.4, -0.2) is 29.0 Å². The van der Waals surface area contributed by atoms with Gasteiger partial charge in [-0.15, -0.1) is 0 Å². The third-order valence-electron chi connectivity index (χ3n) is 4.47. The zero-order valence-electron chi connectivity index (χ0n) is 15.9. The summed E-state index contributed by atoms with van der Waals surface area (Å²) in [4.78, 5) is 23.2. The Morgan fingerprint density at radius 2 is 2.00 bits per heavy atom. The summed E-state index contributed by atoms with van der Waals surface area (Å²) in [6.45, 7) is 8.17. The molecule has 5 nitrogen and oxygen atoms in total. The average Bonchev–Trinajstić information content (AvgIpc) is 2.69. The number of nitrogens with zero attached hydrogens (tertiary/aromatic N) is 3. The first kappa shape index (κ1) is 18.6. The lowest BCUT2D eigenvalue weighted by molar-refractivity contribution is -0.111. The van der Waals surface area contributed by atoms with E-state index in [9.17, 15) is 4.79 Å². The number of carbonyl (C=O) groups is 1. The topological polar surface area (TPSA) is 58.1 Å². The summed E-state index contributed by atoms with van der Waals surface area (Å²) in [6.07, 6.45) is 6.67. The molecule has 1 amide bonds. The fourth-order valence-corrected chi connectivity index (χ4v) is 2.99. The highest BCUT2D eigenvalue weighted by Crippen LogP contribution is 2.25. The lowest BCUT2D eigenvalue weighted by atomic mass is 10.1. The van der Waals surface area contributed by atoms with Crippen LogP contribution in [0.25, 0.3) is 17.0 Å². The molecule has 0 aliphatic rings. The third-order valence-corrected chi connectivity index (χ3v) is 4.47. The van der Waals surface area contributed by atoms with Crippen molar-refractivity contribution >= 4 is 34.4 Å². The summed E-state index contributed by atoms with van der Waals surface area (Å²) in [5.74, 6) is 0.810. The predicted molar refractivity (Wildman–Crippen MR) is 112 cm³/mol. The van der Waals surface area contributed by atoms with Crippen LogP contribution in [0.3, 0.4) is 0 Å². The van der Waals surface area contributed by atoms with Crippen molar-refractivity contribution in [1.82, 2.24) is 9.97 Å². The van der Waals surface area contributed by atoms with Gasteiger partial charge in [0.25, 0.3) is 0 Å². The quantitative estimate of drug-likeness (QED) is 0.661. The van der Waals surface area contributed by atoms with E-state index in [1.807, 2.05) is 30.3 Å². The molecule has 2 heterocycles. The number of pyridine rings is 2. The molecule has 0 aliphatic carbocycles. The van der Waals surface area contributed by atoms with Gasteiger partial charge < -0.3 is 10.2 Å². The van der Waals surface area contributed by atoms with Gasteiger partial charge in [0.05, 0.1) is 5.52 Å². The van der Waals surface area contributed by atoms with Crippen molar-refractivity contribution < 1.29 is 4.79 Å². The maximum Gasteiger partial charge on any atom is 0.248 e. The zero-order chi connectivity index (χ0) is 19.2. The van der Waals surface area contributed by atoms with Crippen LogP contribution in [0, 0.1) is 6.92 Å². The van der Waals surface area contributed by atoms with Gasteiger partial charge in [0.15, 0.2) is 0 Å². The minimum absolute atomic E-state index is 0.177. The van der Waals surface area contributed by atoms with Crippen LogP contribution in [0.2, 0.25) is 0 Å². The van der Waals surface area contributed by atoms with Crippen LogP contribution in [0.5, 0.6) is 0 Å². The number of nitrogens with one attached hydrogen (secondary N) is 1. The van der Waals surface area contributed by atoms with Crippen LogP contribution in [0.1, 0.15) is 25.0 Å². The predicted octanol–water partition coefficient (Wildman–Crippen LogP) is 4.44. The van der Waals surface area contributed by atoms with Crippen molar-refractivity contribution in [2.45, 2.75) is 20.8 Å². The SMILES string of the molecule is CCN(CC)c1cc(C)c2cc(NC(=O)/C=C/c3cccnc3)ccc2n1. The lowest BCUT2D eigenvalue weighted by Crippen LogP contribution is -2.23. The minimum atomic E-state index is -0.177. The van der Waals surface area contributed by atoms with E-state index in [0.717, 1.165) is 46.6 Å². The van der Waals surface area contributed by atoms with E-state index < -0.39 is 0 Å². The molecule has 0 fully saturated rings. The lowest BCUT2D eigenvalue weighted by Gasteiger charge is -2.21. The first-order chi connectivity index (χ1) is 13.1. The number of anilines is 2. The Hall–Kier alpha value is -3.21. The van der Waals surface area contributed by atoms with Crippen molar-refractivity contribution in [3.63, 3.8) is 0 Å². The van der Waals surface area contributed by atoms with Crippen molar-refractivity contribution in [3.8, 4) is 0 Å². The molecule has 0 saturated heterocycles. The molecule has 0 atom stereocenters. The van der Waals surface area contributed by atoms with Gasteiger partial charge in [0, 0.05) is 42.6 Å². The Morgan fingerprint density at radius 1 is 1.19 bits per heavy atom. The molecule has 0 unspecified atom stereocenters. The van der Waals surface area contributed by atoms with Gasteiger partial charge in [-0.25, -0.2) is 4.98 Å². The van der Waals surface area contributed by atoms with Crippen LogP contribution in [0.15, 0.2) is 54.9 Å². The van der Waals surface area contributed by atoms with E-state index in [1.54, 1.807) is 18.5 Å². The number of carbonyl (C=O) groups excluding carboxylic acids is 1. The largest absolute Gasteiger partial charge is 0.357 e. The van der Waals surface area contributed by atoms with Crippen LogP contribution >= 0.6 is 0 Å². The van der Waals surface area contributed by atoms with Crippen molar-refractivity contribution in [2.24, 2.45) is 0 Å². The summed E-state index contributed by atoms with van der Waals surface area (Å²) < 4.78 is 0. The second-order valence-corrected chi connectivity index (χ2v) is 6.31. The van der Waals surface area contributed by atoms with Gasteiger partial charge in [-0.05, 0) is 68.3 Å². The molecule has 0 spiro atoms. The first-order valence-corrected chi connectivity index (χ1v) is 9.16. The molecule has 1 N–H and O–H groups in total. The number of aryl methyl sites for hydroxylation is 1. The van der Waals surface area contributed by atoms with Gasteiger partial charge >= 0.3 is 0 Å². The smallest absolute Gasteiger partial charge is 0.248 e. The van der Waals surface area contributed by atoms with Gasteiger partial charge in [-0.3, -0.25) is 9.78 Å². The molecular formula is C22H24N4O. The summed E-state index contributed by atoms with van der Waals surface area (Å²) in [6, 6.07) is 11.6. The number of hydrogen-bond acceptors (Lipinski definition) is 4. The summed E-state index contributed by atoms with van der Waals surface area (Å²) in [7, 11) is 0. The highest BCUT2D eigenvalue weighted by Gasteiger charge is 2.09. The normalized spacial score (nSPS) is 11.1. The molecule has 0 bridgehead atoms. The summed E-state index contributed by atoms with van der Waals surface area (Å²) in [5.41, 5.74) is 3.71. The van der Waals surface area contributed by atoms with Crippen LogP contribution in [-0.2, 0) is 4.79 Å². The number of fused-ring (bicyclic) bond motifs is 1. The molecule has 3 aromatic rings. The molecular weight excluding hydrogens is 336 g/mol. The summed E-state index contributed by atoms with van der Waals surface area (Å²) in [5, 5.41) is 3.95. The highest BCUT2D eigenvalue weighted by atomic mass is 16.1. The van der Waals surface area contributed by atoms with E-state index in [1.165, 1.54) is 6.08 Å². The monoisotopic (exact) mass is 360 g/mol. The number of hydrogen-bond donors (Lipinski definition) is 1. The Labute approximate surface area is 159 Å². The molecule has 138 valence electrons. The number of benzene rings is 1. The van der Waals surface area contributed by atoms with Gasteiger partial charge in [0.1, 0.15) is 5.82 Å². The maximum absolute atomic E-state index is 12.2. The van der Waals surface area contributed by atoms with Gasteiger partial charge in [-0.1, -0.05) is 6.07 Å². The third kappa shape index (κ3) is 4.50. The number of aromatic nitrogens is 2. The van der Waals surface area contributed by atoms with E-state index in [4.69, 9.17) is 4.98 Å². The molecule has 0 saturated carbocycles. The molecule has 0 aliphatic heterocycles. The zero-order valence-corrected chi connectivity index (χ0v) is 15.9. The van der Waals surface area contributed by atoms with E-state index >= 15 is 0 Å². The second kappa shape index (κ2) is 8.45. The van der Waals surface area contributed by atoms with E-state index in [0.29, 0.717) is 0 Å². The van der Waals surface area contributed by atoms with Crippen molar-refractivity contribution in [2.75, 3.05) is 23.3 Å². The van der Waals surface area contributed by atoms with Gasteiger partial charge in [-0.2, -0.15) is 0 Å². The molecule has 2 aromatic heterocycles. The number of amides is 1. The molecule has 27 heavy (non-hydrogen) atoms. The second-order valence-electron chi connectivity index (χ2n) is 6.31. The fourth-order valence-electron chi connectivity index (χ4n) is 2.99.